The summed E-state index contributed by atoms with van der Waals surface area (Å²) in [5, 5.41) is 2.46. The highest BCUT2D eigenvalue weighted by Gasteiger charge is 2.29. The fraction of sp³-hybridized carbons (Fsp3) is 0.294. The predicted molar refractivity (Wildman–Crippen MR) is 95.0 cm³/mol. The number of carbonyl (C=O) groups is 2. The average Bonchev–Trinajstić information content (AvgIpc) is 3.13. The molecule has 0 spiro atoms. The molecular formula is C17H15Cl2NO3S. The average molecular weight is 384 g/mol. The molecule has 7 heteroatoms. The van der Waals surface area contributed by atoms with Crippen molar-refractivity contribution in [3.63, 3.8) is 0 Å². The summed E-state index contributed by atoms with van der Waals surface area (Å²) in [7, 11) is 0. The second-order valence-electron chi connectivity index (χ2n) is 5.52. The Kier molecular flexibility index (Phi) is 5.43. The Morgan fingerprint density at radius 1 is 1.12 bits per heavy atom. The smallest absolute Gasteiger partial charge is 0.314 e. The minimum Gasteiger partial charge on any atom is -0.425 e. The number of thiophene rings is 1. The molecular weight excluding hydrogens is 369 g/mol. The van der Waals surface area contributed by atoms with Crippen LogP contribution in [0, 0.1) is 5.92 Å². The third kappa shape index (κ3) is 3.74. The Hall–Kier alpha value is -1.56. The van der Waals surface area contributed by atoms with Crippen molar-refractivity contribution in [3.05, 3.63) is 50.6 Å². The number of nitrogens with zero attached hydrogens (tertiary/aromatic N) is 1. The number of benzene rings is 1. The van der Waals surface area contributed by atoms with Gasteiger partial charge in [0.25, 0.3) is 5.91 Å². The van der Waals surface area contributed by atoms with Gasteiger partial charge in [0.1, 0.15) is 5.02 Å². The Morgan fingerprint density at radius 3 is 2.54 bits per heavy atom. The van der Waals surface area contributed by atoms with Crippen molar-refractivity contribution >= 4 is 46.4 Å². The Balaban J connectivity index is 1.57. The number of hydrogen-bond acceptors (Lipinski definition) is 4. The maximum absolute atomic E-state index is 12.3. The summed E-state index contributed by atoms with van der Waals surface area (Å²) >= 11 is 13.4. The normalized spacial score (nSPS) is 15.3. The molecule has 1 saturated heterocycles. The van der Waals surface area contributed by atoms with Crippen molar-refractivity contribution in [2.45, 2.75) is 12.8 Å². The summed E-state index contributed by atoms with van der Waals surface area (Å²) in [4.78, 5) is 27.1. The minimum atomic E-state index is -0.331. The molecule has 0 aliphatic carbocycles. The van der Waals surface area contributed by atoms with Gasteiger partial charge < -0.3 is 9.64 Å². The number of likely N-dealkylation sites (tertiary alicyclic amines) is 1. The van der Waals surface area contributed by atoms with Crippen molar-refractivity contribution in [3.8, 4) is 5.75 Å². The standard InChI is InChI=1S/C17H15Cl2NO3S/c18-12-3-1-4-13(15(12)19)23-17(22)11-6-8-20(9-7-11)16(21)14-5-2-10-24-14/h1-5,10-11H,6-9H2. The van der Waals surface area contributed by atoms with Crippen LogP contribution in [0.15, 0.2) is 35.7 Å². The topological polar surface area (TPSA) is 46.6 Å². The van der Waals surface area contributed by atoms with Crippen LogP contribution in [0.4, 0.5) is 0 Å². The molecule has 1 aliphatic rings. The van der Waals surface area contributed by atoms with Crippen molar-refractivity contribution in [2.75, 3.05) is 13.1 Å². The lowest BCUT2D eigenvalue weighted by Gasteiger charge is -2.30. The molecule has 0 radical (unpaired) electrons. The van der Waals surface area contributed by atoms with Crippen LogP contribution in [0.2, 0.25) is 10.0 Å². The number of esters is 1. The van der Waals surface area contributed by atoms with Gasteiger partial charge in [0.2, 0.25) is 0 Å². The van der Waals surface area contributed by atoms with Crippen LogP contribution in [0.1, 0.15) is 22.5 Å². The first kappa shape index (κ1) is 17.3. The number of rotatable bonds is 3. The van der Waals surface area contributed by atoms with Gasteiger partial charge in [-0.05, 0) is 36.4 Å². The maximum Gasteiger partial charge on any atom is 0.314 e. The summed E-state index contributed by atoms with van der Waals surface area (Å²) in [6.07, 6.45) is 1.16. The molecule has 24 heavy (non-hydrogen) atoms. The summed E-state index contributed by atoms with van der Waals surface area (Å²) in [5.74, 6) is -0.282. The SMILES string of the molecule is O=C(Oc1cccc(Cl)c1Cl)C1CCN(C(=O)c2cccs2)CC1. The largest absolute Gasteiger partial charge is 0.425 e. The van der Waals surface area contributed by atoms with E-state index in [1.165, 1.54) is 11.3 Å². The van der Waals surface area contributed by atoms with Crippen LogP contribution in [0.3, 0.4) is 0 Å². The quantitative estimate of drug-likeness (QED) is 0.578. The van der Waals surface area contributed by atoms with Gasteiger partial charge in [0, 0.05) is 13.1 Å². The van der Waals surface area contributed by atoms with E-state index in [1.54, 1.807) is 23.1 Å². The molecule has 0 N–H and O–H groups in total. The molecule has 1 aromatic carbocycles. The van der Waals surface area contributed by atoms with Crippen molar-refractivity contribution < 1.29 is 14.3 Å². The molecule has 3 rings (SSSR count). The molecule has 4 nitrogen and oxygen atoms in total. The van der Waals surface area contributed by atoms with Crippen LogP contribution in [-0.2, 0) is 4.79 Å². The lowest BCUT2D eigenvalue weighted by Crippen LogP contribution is -2.40. The first-order chi connectivity index (χ1) is 11.6. The van der Waals surface area contributed by atoms with Gasteiger partial charge in [-0.1, -0.05) is 35.3 Å². The summed E-state index contributed by atoms with van der Waals surface area (Å²) in [5.41, 5.74) is 0. The lowest BCUT2D eigenvalue weighted by atomic mass is 9.97. The van der Waals surface area contributed by atoms with Crippen LogP contribution >= 0.6 is 34.5 Å². The fourth-order valence-electron chi connectivity index (χ4n) is 2.63. The number of amides is 1. The van der Waals surface area contributed by atoms with Gasteiger partial charge in [-0.3, -0.25) is 9.59 Å². The van der Waals surface area contributed by atoms with E-state index in [0.29, 0.717) is 31.0 Å². The predicted octanol–water partition coefficient (Wildman–Crippen LogP) is 4.51. The molecule has 1 amide bonds. The molecule has 1 aliphatic heterocycles. The summed E-state index contributed by atoms with van der Waals surface area (Å²) in [6.45, 7) is 1.08. The molecule has 2 heterocycles. The van der Waals surface area contributed by atoms with E-state index < -0.39 is 0 Å². The molecule has 126 valence electrons. The molecule has 1 aromatic heterocycles. The zero-order valence-corrected chi connectivity index (χ0v) is 15.0. The fourth-order valence-corrected chi connectivity index (χ4v) is 3.65. The zero-order chi connectivity index (χ0) is 17.1. The van der Waals surface area contributed by atoms with Crippen molar-refractivity contribution in [1.29, 1.82) is 0 Å². The van der Waals surface area contributed by atoms with E-state index in [1.807, 2.05) is 17.5 Å². The molecule has 2 aromatic rings. The second-order valence-corrected chi connectivity index (χ2v) is 7.25. The number of halogens is 2. The van der Waals surface area contributed by atoms with E-state index in [2.05, 4.69) is 0 Å². The molecule has 1 fully saturated rings. The first-order valence-corrected chi connectivity index (χ1v) is 9.18. The van der Waals surface area contributed by atoms with E-state index in [4.69, 9.17) is 27.9 Å². The van der Waals surface area contributed by atoms with Crippen LogP contribution in [-0.4, -0.2) is 29.9 Å². The maximum atomic E-state index is 12.3. The third-order valence-corrected chi connectivity index (χ3v) is 5.63. The van der Waals surface area contributed by atoms with Gasteiger partial charge in [-0.15, -0.1) is 11.3 Å². The molecule has 0 saturated carbocycles. The molecule has 0 atom stereocenters. The van der Waals surface area contributed by atoms with Gasteiger partial charge in [-0.25, -0.2) is 0 Å². The highest BCUT2D eigenvalue weighted by molar-refractivity contribution is 7.12. The third-order valence-electron chi connectivity index (χ3n) is 3.97. The Labute approximate surface area is 153 Å². The number of hydrogen-bond donors (Lipinski definition) is 0. The van der Waals surface area contributed by atoms with Gasteiger partial charge in [0.15, 0.2) is 5.75 Å². The molecule has 0 unspecified atom stereocenters. The van der Waals surface area contributed by atoms with Crippen LogP contribution in [0.5, 0.6) is 5.75 Å². The monoisotopic (exact) mass is 383 g/mol. The second kappa shape index (κ2) is 7.55. The Bertz CT molecular complexity index is 740. The summed E-state index contributed by atoms with van der Waals surface area (Å²) in [6, 6.07) is 8.60. The minimum absolute atomic E-state index is 0.0229. The molecule has 0 bridgehead atoms. The highest BCUT2D eigenvalue weighted by atomic mass is 35.5. The van der Waals surface area contributed by atoms with Crippen molar-refractivity contribution in [1.82, 2.24) is 4.90 Å². The van der Waals surface area contributed by atoms with E-state index in [-0.39, 0.29) is 28.6 Å². The van der Waals surface area contributed by atoms with Gasteiger partial charge >= 0.3 is 5.97 Å². The number of ether oxygens (including phenoxy) is 1. The van der Waals surface area contributed by atoms with E-state index in [0.717, 1.165) is 4.88 Å². The van der Waals surface area contributed by atoms with Gasteiger partial charge in [0.05, 0.1) is 15.8 Å². The first-order valence-electron chi connectivity index (χ1n) is 7.54. The van der Waals surface area contributed by atoms with E-state index >= 15 is 0 Å². The van der Waals surface area contributed by atoms with Crippen LogP contribution < -0.4 is 4.74 Å². The van der Waals surface area contributed by atoms with Crippen molar-refractivity contribution in [2.24, 2.45) is 5.92 Å². The Morgan fingerprint density at radius 2 is 1.88 bits per heavy atom. The zero-order valence-electron chi connectivity index (χ0n) is 12.7. The van der Waals surface area contributed by atoms with Gasteiger partial charge in [-0.2, -0.15) is 0 Å². The van der Waals surface area contributed by atoms with E-state index in [9.17, 15) is 9.59 Å². The highest BCUT2D eigenvalue weighted by Crippen LogP contribution is 2.32. The van der Waals surface area contributed by atoms with Crippen LogP contribution in [0.25, 0.3) is 0 Å². The lowest BCUT2D eigenvalue weighted by molar-refractivity contribution is -0.140. The number of carbonyl (C=O) groups excluding carboxylic acids is 2. The summed E-state index contributed by atoms with van der Waals surface area (Å²) < 4.78 is 5.38. The number of piperidine rings is 1.